The van der Waals surface area contributed by atoms with Gasteiger partial charge in [0.1, 0.15) is 11.4 Å². The van der Waals surface area contributed by atoms with E-state index in [1.165, 1.54) is 10.9 Å². The molecule has 0 spiro atoms. The highest BCUT2D eigenvalue weighted by Crippen LogP contribution is 2.32. The molecule has 0 saturated heterocycles. The summed E-state index contributed by atoms with van der Waals surface area (Å²) >= 11 is 0. The van der Waals surface area contributed by atoms with Crippen LogP contribution in [0.25, 0.3) is 10.9 Å². The number of aryl methyl sites for hydroxylation is 1. The number of benzene rings is 1. The second kappa shape index (κ2) is 6.38. The predicted molar refractivity (Wildman–Crippen MR) is 94.7 cm³/mol. The number of nitrogens with one attached hydrogen (secondary N) is 2. The molecule has 1 aliphatic heterocycles. The molecule has 5 nitrogen and oxygen atoms in total. The van der Waals surface area contributed by atoms with E-state index in [1.807, 2.05) is 27.7 Å². The molecule has 2 N–H and O–H groups in total. The lowest BCUT2D eigenvalue weighted by Crippen LogP contribution is -2.38. The molecular weight excluding hydrogens is 304 g/mol. The van der Waals surface area contributed by atoms with Gasteiger partial charge in [-0.25, -0.2) is 4.79 Å². The number of carbonyl (C=O) groups is 1. The van der Waals surface area contributed by atoms with Gasteiger partial charge in [0.05, 0.1) is 12.1 Å². The molecule has 1 unspecified atom stereocenters. The van der Waals surface area contributed by atoms with Crippen LogP contribution in [0.15, 0.2) is 18.2 Å². The number of aromatic nitrogens is 1. The van der Waals surface area contributed by atoms with Gasteiger partial charge in [0.2, 0.25) is 0 Å². The zero-order valence-electron chi connectivity index (χ0n) is 14.9. The highest BCUT2D eigenvalue weighted by molar-refractivity contribution is 5.86. The zero-order chi connectivity index (χ0) is 17.3. The van der Waals surface area contributed by atoms with Gasteiger partial charge in [-0.2, -0.15) is 0 Å². The van der Waals surface area contributed by atoms with Gasteiger partial charge in [-0.3, -0.25) is 0 Å². The Hall–Kier alpha value is -2.17. The standard InChI is InChI=1S/C19H26N2O3/c1-12(20-18(22)24-19(2,3)4)10-14-11-13-7-8-16-15(17(13)21-14)6-5-9-23-16/h7-8,11-12,21H,5-6,9-10H2,1-4H3,(H,20,22). The molecule has 130 valence electrons. The zero-order valence-corrected chi connectivity index (χ0v) is 14.9. The molecular formula is C19H26N2O3. The quantitative estimate of drug-likeness (QED) is 0.896. The van der Waals surface area contributed by atoms with E-state index < -0.39 is 5.60 Å². The molecule has 2 heterocycles. The van der Waals surface area contributed by atoms with Crippen molar-refractivity contribution in [3.8, 4) is 5.75 Å². The van der Waals surface area contributed by atoms with Gasteiger partial charge in [0, 0.05) is 29.1 Å². The van der Waals surface area contributed by atoms with Crippen molar-refractivity contribution in [1.29, 1.82) is 0 Å². The molecule has 0 saturated carbocycles. The first-order valence-electron chi connectivity index (χ1n) is 8.57. The summed E-state index contributed by atoms with van der Waals surface area (Å²) in [6.07, 6.45) is 2.44. The minimum atomic E-state index is -0.482. The van der Waals surface area contributed by atoms with Crippen LogP contribution in [0.4, 0.5) is 4.79 Å². The predicted octanol–water partition coefficient (Wildman–Crippen LogP) is 3.95. The van der Waals surface area contributed by atoms with E-state index >= 15 is 0 Å². The van der Waals surface area contributed by atoms with Crippen LogP contribution in [0, 0.1) is 0 Å². The van der Waals surface area contributed by atoms with Crippen LogP contribution in [0.1, 0.15) is 45.4 Å². The number of H-pyrrole nitrogens is 1. The molecule has 0 aliphatic carbocycles. The van der Waals surface area contributed by atoms with Crippen LogP contribution in [0.2, 0.25) is 0 Å². The van der Waals surface area contributed by atoms with Crippen LogP contribution in [0.5, 0.6) is 5.75 Å². The van der Waals surface area contributed by atoms with Gasteiger partial charge in [0.25, 0.3) is 0 Å². The van der Waals surface area contributed by atoms with E-state index in [9.17, 15) is 4.79 Å². The third kappa shape index (κ3) is 3.83. The number of aromatic amines is 1. The van der Waals surface area contributed by atoms with Gasteiger partial charge in [-0.05, 0) is 58.7 Å². The van der Waals surface area contributed by atoms with Gasteiger partial charge >= 0.3 is 6.09 Å². The van der Waals surface area contributed by atoms with Gasteiger partial charge in [-0.1, -0.05) is 0 Å². The molecule has 0 fully saturated rings. The number of carbonyl (C=O) groups excluding carboxylic acids is 1. The minimum Gasteiger partial charge on any atom is -0.493 e. The lowest BCUT2D eigenvalue weighted by molar-refractivity contribution is 0.0508. The average Bonchev–Trinajstić information content (AvgIpc) is 2.87. The number of ether oxygens (including phenoxy) is 2. The van der Waals surface area contributed by atoms with Crippen molar-refractivity contribution in [2.24, 2.45) is 0 Å². The monoisotopic (exact) mass is 330 g/mol. The summed E-state index contributed by atoms with van der Waals surface area (Å²) < 4.78 is 11.0. The Morgan fingerprint density at radius 3 is 2.96 bits per heavy atom. The van der Waals surface area contributed by atoms with E-state index in [1.54, 1.807) is 0 Å². The molecule has 24 heavy (non-hydrogen) atoms. The summed E-state index contributed by atoms with van der Waals surface area (Å²) in [7, 11) is 0. The smallest absolute Gasteiger partial charge is 0.407 e. The second-order valence-electron chi connectivity index (χ2n) is 7.50. The maximum atomic E-state index is 11.9. The van der Waals surface area contributed by atoms with E-state index in [0.29, 0.717) is 0 Å². The van der Waals surface area contributed by atoms with Crippen LogP contribution < -0.4 is 10.1 Å². The van der Waals surface area contributed by atoms with Crippen LogP contribution in [-0.2, 0) is 17.6 Å². The minimum absolute atomic E-state index is 0.0139. The van der Waals surface area contributed by atoms with Gasteiger partial charge < -0.3 is 19.8 Å². The highest BCUT2D eigenvalue weighted by Gasteiger charge is 2.19. The molecule has 1 amide bonds. The molecule has 0 radical (unpaired) electrons. The number of hydrogen-bond acceptors (Lipinski definition) is 3. The van der Waals surface area contributed by atoms with Crippen LogP contribution in [0.3, 0.4) is 0 Å². The normalized spacial score (nSPS) is 15.5. The first-order chi connectivity index (χ1) is 11.3. The van der Waals surface area contributed by atoms with Crippen molar-refractivity contribution in [3.05, 3.63) is 29.5 Å². The third-order valence-corrected chi connectivity index (χ3v) is 4.04. The third-order valence-electron chi connectivity index (χ3n) is 4.04. The molecule has 1 atom stereocenters. The Morgan fingerprint density at radius 1 is 1.42 bits per heavy atom. The van der Waals surface area contributed by atoms with Crippen molar-refractivity contribution in [1.82, 2.24) is 10.3 Å². The maximum Gasteiger partial charge on any atom is 0.407 e. The van der Waals surface area contributed by atoms with E-state index in [-0.39, 0.29) is 12.1 Å². The van der Waals surface area contributed by atoms with Gasteiger partial charge in [-0.15, -0.1) is 0 Å². The molecule has 1 aliphatic rings. The SMILES string of the molecule is CC(Cc1cc2ccc3c(c2[nH]1)CCCO3)NC(=O)OC(C)(C)C. The van der Waals surface area contributed by atoms with Crippen molar-refractivity contribution < 1.29 is 14.3 Å². The van der Waals surface area contributed by atoms with Crippen molar-refractivity contribution >= 4 is 17.0 Å². The lowest BCUT2D eigenvalue weighted by Gasteiger charge is -2.21. The Bertz CT molecular complexity index is 743. The fourth-order valence-corrected chi connectivity index (χ4v) is 3.11. The summed E-state index contributed by atoms with van der Waals surface area (Å²) in [6, 6.07) is 6.28. The van der Waals surface area contributed by atoms with Crippen LogP contribution in [-0.4, -0.2) is 29.3 Å². The molecule has 1 aromatic heterocycles. The lowest BCUT2D eigenvalue weighted by atomic mass is 10.0. The van der Waals surface area contributed by atoms with Crippen LogP contribution >= 0.6 is 0 Å². The highest BCUT2D eigenvalue weighted by atomic mass is 16.6. The Kier molecular flexibility index (Phi) is 4.43. The fraction of sp³-hybridized carbons (Fsp3) is 0.526. The number of hydrogen-bond donors (Lipinski definition) is 2. The van der Waals surface area contributed by atoms with E-state index in [4.69, 9.17) is 9.47 Å². The number of rotatable bonds is 3. The maximum absolute atomic E-state index is 11.9. The topological polar surface area (TPSA) is 63.3 Å². The first-order valence-corrected chi connectivity index (χ1v) is 8.57. The fourth-order valence-electron chi connectivity index (χ4n) is 3.11. The number of amides is 1. The largest absolute Gasteiger partial charge is 0.493 e. The Balaban J connectivity index is 1.70. The molecule has 2 aromatic rings. The van der Waals surface area contributed by atoms with Gasteiger partial charge in [0.15, 0.2) is 0 Å². The first kappa shape index (κ1) is 16.7. The van der Waals surface area contributed by atoms with E-state index in [0.717, 1.165) is 42.8 Å². The molecule has 0 bridgehead atoms. The Labute approximate surface area is 142 Å². The number of alkyl carbamates (subject to hydrolysis) is 1. The van der Waals surface area contributed by atoms with Crippen molar-refractivity contribution in [2.45, 2.75) is 58.6 Å². The summed E-state index contributed by atoms with van der Waals surface area (Å²) in [5.74, 6) is 0.988. The van der Waals surface area contributed by atoms with Crippen molar-refractivity contribution in [3.63, 3.8) is 0 Å². The summed E-state index contributed by atoms with van der Waals surface area (Å²) in [4.78, 5) is 15.4. The molecule has 1 aromatic carbocycles. The summed E-state index contributed by atoms with van der Waals surface area (Å²) in [5, 5.41) is 4.08. The van der Waals surface area contributed by atoms with E-state index in [2.05, 4.69) is 28.5 Å². The Morgan fingerprint density at radius 2 is 2.21 bits per heavy atom. The average molecular weight is 330 g/mol. The summed E-state index contributed by atoms with van der Waals surface area (Å²) in [6.45, 7) is 8.36. The van der Waals surface area contributed by atoms with Crippen molar-refractivity contribution in [2.75, 3.05) is 6.61 Å². The summed E-state index contributed by atoms with van der Waals surface area (Å²) in [5.41, 5.74) is 3.04. The molecule has 5 heteroatoms. The second-order valence-corrected chi connectivity index (χ2v) is 7.50. The molecule has 3 rings (SSSR count). The number of fused-ring (bicyclic) bond motifs is 3.